The molecule has 11 rings (SSSR count). The van der Waals surface area contributed by atoms with Crippen molar-refractivity contribution in [2.45, 2.75) is 0 Å². The maximum absolute atomic E-state index is 12.6. The number of ether oxygens (including phenoxy) is 4. The number of nitrogens with zero attached hydrogens (tertiary/aromatic N) is 2. The second kappa shape index (κ2) is 18.0. The molecular formula is C58H44N6O6. The third kappa shape index (κ3) is 7.72. The normalized spacial score (nSPS) is 11.8. The molecule has 2 aliphatic rings. The fraction of sp³-hybridized carbons (Fsp3) is 0.0690. The van der Waals surface area contributed by atoms with Gasteiger partial charge >= 0.3 is 11.9 Å². The second-order valence-corrected chi connectivity index (χ2v) is 16.7. The molecule has 0 saturated carbocycles. The Morgan fingerprint density at radius 1 is 0.429 bits per heavy atom. The molecule has 6 N–H and O–H groups in total. The van der Waals surface area contributed by atoms with Gasteiger partial charge in [0.05, 0.1) is 37.0 Å². The Kier molecular flexibility index (Phi) is 11.1. The van der Waals surface area contributed by atoms with Gasteiger partial charge in [-0.3, -0.25) is 0 Å². The highest BCUT2D eigenvalue weighted by Gasteiger charge is 2.25. The van der Waals surface area contributed by atoms with Crippen LogP contribution in [0.5, 0.6) is 11.5 Å². The zero-order valence-electron chi connectivity index (χ0n) is 38.1. The van der Waals surface area contributed by atoms with Crippen LogP contribution in [-0.2, 0) is 19.1 Å². The van der Waals surface area contributed by atoms with E-state index in [2.05, 4.69) is 9.97 Å². The van der Waals surface area contributed by atoms with Crippen molar-refractivity contribution in [2.24, 2.45) is 0 Å². The Morgan fingerprint density at radius 3 is 1.19 bits per heavy atom. The van der Waals surface area contributed by atoms with Crippen LogP contribution in [0.4, 0.5) is 11.4 Å². The van der Waals surface area contributed by atoms with Crippen LogP contribution in [0.25, 0.3) is 112 Å². The largest absolute Gasteiger partial charge is 0.481 e. The van der Waals surface area contributed by atoms with Crippen molar-refractivity contribution in [1.82, 2.24) is 19.9 Å². The lowest BCUT2D eigenvalue weighted by atomic mass is 9.95. The topological polar surface area (TPSA) is 180 Å². The van der Waals surface area contributed by atoms with E-state index < -0.39 is 11.9 Å². The summed E-state index contributed by atoms with van der Waals surface area (Å²) < 4.78 is 22.7. The van der Waals surface area contributed by atoms with Gasteiger partial charge < -0.3 is 40.4 Å². The number of aromatic amines is 2. The standard InChI is InChI=1S/C58H44N6O6/c1-67-51(65)31-69-49-29-19-33-11-3-5-13-35(33)55(49)57-45-25-21-41(61-45)53(37-15-7-9-17-39(37)59)43-23-27-47(63-43)58(56-36-14-6-4-12-34(36)20-30-50(56)70-32-52(66)68-2)48-28-24-44(64-48)54(42-22-26-46(57)62-42)38-16-8-10-18-40(38)60/h3-30,61,64H,31-32,59-60H2,1-2H3. The molecule has 0 aliphatic carbocycles. The van der Waals surface area contributed by atoms with E-state index in [0.717, 1.165) is 77.1 Å². The summed E-state index contributed by atoms with van der Waals surface area (Å²) in [5.41, 5.74) is 26.1. The number of para-hydroxylation sites is 2. The minimum atomic E-state index is -0.518. The first-order valence-electron chi connectivity index (χ1n) is 22.6. The highest BCUT2D eigenvalue weighted by molar-refractivity contribution is 6.10. The number of nitrogen functional groups attached to an aromatic ring is 2. The van der Waals surface area contributed by atoms with Gasteiger partial charge in [0.1, 0.15) is 11.5 Å². The number of rotatable bonds is 10. The lowest BCUT2D eigenvalue weighted by molar-refractivity contribution is -0.143. The molecule has 2 aliphatic heterocycles. The summed E-state index contributed by atoms with van der Waals surface area (Å²) in [6, 6.07) is 47.2. The van der Waals surface area contributed by atoms with Crippen molar-refractivity contribution in [3.8, 4) is 56.0 Å². The van der Waals surface area contributed by atoms with E-state index >= 15 is 0 Å². The number of anilines is 2. The Bertz CT molecular complexity index is 3600. The molecule has 0 amide bonds. The first kappa shape index (κ1) is 43.2. The molecule has 0 saturated heterocycles. The minimum Gasteiger partial charge on any atom is -0.481 e. The number of methoxy groups -OCH3 is 2. The molecule has 70 heavy (non-hydrogen) atoms. The number of hydrogen-bond acceptors (Lipinski definition) is 10. The van der Waals surface area contributed by atoms with Crippen LogP contribution in [0.1, 0.15) is 22.8 Å². The van der Waals surface area contributed by atoms with Crippen molar-refractivity contribution in [3.05, 3.63) is 168 Å². The van der Waals surface area contributed by atoms with Crippen molar-refractivity contribution >= 4 is 91.2 Å². The number of H-pyrrole nitrogens is 2. The van der Waals surface area contributed by atoms with E-state index in [4.69, 9.17) is 40.4 Å². The number of benzene rings is 6. The third-order valence-electron chi connectivity index (χ3n) is 12.6. The van der Waals surface area contributed by atoms with Gasteiger partial charge in [0.2, 0.25) is 0 Å². The van der Waals surface area contributed by atoms with Gasteiger partial charge in [0.25, 0.3) is 0 Å². The molecule has 12 heteroatoms. The third-order valence-corrected chi connectivity index (χ3v) is 12.6. The Labute approximate surface area is 401 Å². The minimum absolute atomic E-state index is 0.308. The molecule has 0 unspecified atom stereocenters. The molecule has 0 radical (unpaired) electrons. The first-order chi connectivity index (χ1) is 34.3. The number of esters is 2. The zero-order valence-corrected chi connectivity index (χ0v) is 38.1. The molecule has 342 valence electrons. The predicted octanol–water partition coefficient (Wildman–Crippen LogP) is 11.9. The molecule has 0 atom stereocenters. The van der Waals surface area contributed by atoms with Gasteiger partial charge in [-0.05, 0) is 94.4 Å². The number of hydrogen-bond donors (Lipinski definition) is 4. The summed E-state index contributed by atoms with van der Waals surface area (Å²) in [7, 11) is 2.67. The predicted molar refractivity (Wildman–Crippen MR) is 279 cm³/mol. The van der Waals surface area contributed by atoms with Gasteiger partial charge in [0, 0.05) is 77.9 Å². The average molecular weight is 921 g/mol. The molecule has 5 heterocycles. The van der Waals surface area contributed by atoms with Gasteiger partial charge in [-0.1, -0.05) is 97.1 Å². The molecule has 6 aromatic carbocycles. The van der Waals surface area contributed by atoms with Gasteiger partial charge in [0.15, 0.2) is 13.2 Å². The number of aromatic nitrogens is 4. The Balaban J connectivity index is 1.33. The lowest BCUT2D eigenvalue weighted by Gasteiger charge is -2.15. The molecule has 3 aromatic heterocycles. The number of fused-ring (bicyclic) bond motifs is 10. The van der Waals surface area contributed by atoms with E-state index in [1.165, 1.54) is 14.2 Å². The lowest BCUT2D eigenvalue weighted by Crippen LogP contribution is -2.13. The maximum atomic E-state index is 12.6. The summed E-state index contributed by atoms with van der Waals surface area (Å²) in [6.07, 6.45) is 7.95. The van der Waals surface area contributed by atoms with Crippen LogP contribution in [0.3, 0.4) is 0 Å². The Hall–Kier alpha value is -9.42. The quantitative estimate of drug-likeness (QED) is 0.0761. The van der Waals surface area contributed by atoms with Crippen LogP contribution in [0.15, 0.2) is 146 Å². The van der Waals surface area contributed by atoms with E-state index in [1.54, 1.807) is 0 Å². The summed E-state index contributed by atoms with van der Waals surface area (Å²) in [6.45, 7) is -0.615. The monoisotopic (exact) mass is 920 g/mol. The molecule has 0 fully saturated rings. The molecule has 8 bridgehead atoms. The van der Waals surface area contributed by atoms with Crippen LogP contribution < -0.4 is 20.9 Å². The number of nitrogens with one attached hydrogen (secondary N) is 2. The van der Waals surface area contributed by atoms with Crippen LogP contribution in [0, 0.1) is 0 Å². The molecule has 0 spiro atoms. The number of carbonyl (C=O) groups is 2. The first-order valence-corrected chi connectivity index (χ1v) is 22.6. The van der Waals surface area contributed by atoms with Crippen molar-refractivity contribution < 1.29 is 28.5 Å². The highest BCUT2D eigenvalue weighted by Crippen LogP contribution is 2.46. The van der Waals surface area contributed by atoms with E-state index in [0.29, 0.717) is 56.7 Å². The Morgan fingerprint density at radius 2 is 0.786 bits per heavy atom. The molecular weight excluding hydrogens is 877 g/mol. The number of carbonyl (C=O) groups excluding carboxylic acids is 2. The maximum Gasteiger partial charge on any atom is 0.343 e. The average Bonchev–Trinajstić information content (AvgIpc) is 4.25. The molecule has 9 aromatic rings. The molecule has 12 nitrogen and oxygen atoms in total. The van der Waals surface area contributed by atoms with Gasteiger partial charge in [-0.2, -0.15) is 0 Å². The van der Waals surface area contributed by atoms with Crippen molar-refractivity contribution in [1.29, 1.82) is 0 Å². The summed E-state index contributed by atoms with van der Waals surface area (Å²) in [5.74, 6) is -0.111. The number of nitrogens with two attached hydrogens (primary N) is 2. The highest BCUT2D eigenvalue weighted by atomic mass is 16.6. The summed E-state index contributed by atoms with van der Waals surface area (Å²) in [4.78, 5) is 43.8. The van der Waals surface area contributed by atoms with Crippen LogP contribution in [0.2, 0.25) is 0 Å². The summed E-state index contributed by atoms with van der Waals surface area (Å²) >= 11 is 0. The van der Waals surface area contributed by atoms with E-state index in [1.807, 2.05) is 170 Å². The van der Waals surface area contributed by atoms with Gasteiger partial charge in [-0.15, -0.1) is 0 Å². The van der Waals surface area contributed by atoms with Crippen molar-refractivity contribution in [2.75, 3.05) is 38.9 Å². The van der Waals surface area contributed by atoms with E-state index in [-0.39, 0.29) is 13.2 Å². The zero-order chi connectivity index (χ0) is 47.9. The SMILES string of the molecule is COC(=O)COc1ccc2ccccc2c1-c1c2nc(c(-c3ccccc3N)c3ccc([nH]3)c(-c3c(OCC(=O)OC)ccc4ccccc34)c3nc(c(-c4ccccc4N)c4ccc1[nH]4)C=C3)C=C2. The van der Waals surface area contributed by atoms with Crippen LogP contribution >= 0.6 is 0 Å². The summed E-state index contributed by atoms with van der Waals surface area (Å²) in [5, 5.41) is 3.68. The van der Waals surface area contributed by atoms with Crippen molar-refractivity contribution in [3.63, 3.8) is 0 Å². The fourth-order valence-corrected chi connectivity index (χ4v) is 9.40. The van der Waals surface area contributed by atoms with Crippen LogP contribution in [-0.4, -0.2) is 59.3 Å². The smallest absolute Gasteiger partial charge is 0.343 e. The van der Waals surface area contributed by atoms with Gasteiger partial charge in [-0.25, -0.2) is 19.6 Å². The van der Waals surface area contributed by atoms with E-state index in [9.17, 15) is 9.59 Å². The second-order valence-electron chi connectivity index (χ2n) is 16.7. The fourth-order valence-electron chi connectivity index (χ4n) is 9.40.